The van der Waals surface area contributed by atoms with Crippen molar-refractivity contribution in [2.24, 2.45) is 0 Å². The zero-order valence-corrected chi connectivity index (χ0v) is 18.6. The van der Waals surface area contributed by atoms with Crippen LogP contribution in [0, 0.1) is 0 Å². The summed E-state index contributed by atoms with van der Waals surface area (Å²) in [5, 5.41) is 14.5. The number of nitrogens with zero attached hydrogens (tertiary/aromatic N) is 2. The third-order valence-electron chi connectivity index (χ3n) is 6.28. The summed E-state index contributed by atoms with van der Waals surface area (Å²) in [4.78, 5) is 15.4. The number of ether oxygens (including phenoxy) is 1. The maximum Gasteiger partial charge on any atom is 0.276 e. The lowest BCUT2D eigenvalue weighted by atomic mass is 9.99. The van der Waals surface area contributed by atoms with Gasteiger partial charge in [-0.1, -0.05) is 30.3 Å². The highest BCUT2D eigenvalue weighted by molar-refractivity contribution is 5.94. The van der Waals surface area contributed by atoms with Crippen LogP contribution in [0.2, 0.25) is 0 Å². The van der Waals surface area contributed by atoms with Crippen LogP contribution in [0.25, 0.3) is 0 Å². The number of morpholine rings is 1. The second-order valence-electron chi connectivity index (χ2n) is 8.52. The van der Waals surface area contributed by atoms with Gasteiger partial charge in [0.1, 0.15) is 17.7 Å². The van der Waals surface area contributed by atoms with Crippen molar-refractivity contribution < 1.29 is 18.3 Å². The van der Waals surface area contributed by atoms with Gasteiger partial charge in [0.25, 0.3) is 12.3 Å². The number of hydrogen-bond donors (Lipinski definition) is 5. The van der Waals surface area contributed by atoms with Crippen molar-refractivity contribution in [1.29, 1.82) is 0 Å². The van der Waals surface area contributed by atoms with Gasteiger partial charge in [0.05, 0.1) is 25.4 Å². The van der Waals surface area contributed by atoms with E-state index in [0.29, 0.717) is 23.6 Å². The number of benzene rings is 1. The van der Waals surface area contributed by atoms with Gasteiger partial charge in [-0.15, -0.1) is 0 Å². The zero-order chi connectivity index (χ0) is 23.5. The van der Waals surface area contributed by atoms with Gasteiger partial charge in [-0.2, -0.15) is 0 Å². The van der Waals surface area contributed by atoms with Gasteiger partial charge in [-0.25, -0.2) is 14.2 Å². The molecule has 1 saturated heterocycles. The van der Waals surface area contributed by atoms with E-state index in [-0.39, 0.29) is 23.8 Å². The molecule has 4 aliphatic rings. The van der Waals surface area contributed by atoms with Crippen LogP contribution in [0.3, 0.4) is 0 Å². The van der Waals surface area contributed by atoms with Crippen molar-refractivity contribution in [1.82, 2.24) is 36.6 Å². The summed E-state index contributed by atoms with van der Waals surface area (Å²) in [7, 11) is 0. The van der Waals surface area contributed by atoms with Crippen molar-refractivity contribution in [3.05, 3.63) is 71.3 Å². The lowest BCUT2D eigenvalue weighted by molar-refractivity contribution is -0.119. The van der Waals surface area contributed by atoms with Gasteiger partial charge in [0.2, 0.25) is 0 Å². The highest BCUT2D eigenvalue weighted by Gasteiger charge is 2.34. The first-order chi connectivity index (χ1) is 16.6. The number of fused-ring (bicyclic) bond motifs is 1. The highest BCUT2D eigenvalue weighted by atomic mass is 19.3. The molecule has 0 bridgehead atoms. The van der Waals surface area contributed by atoms with E-state index in [1.54, 1.807) is 29.4 Å². The van der Waals surface area contributed by atoms with E-state index in [0.717, 1.165) is 32.8 Å². The molecule has 0 spiro atoms. The molecule has 34 heavy (non-hydrogen) atoms. The maximum atomic E-state index is 13.5. The van der Waals surface area contributed by atoms with Gasteiger partial charge in [0, 0.05) is 37.9 Å². The molecule has 0 aliphatic carbocycles. The summed E-state index contributed by atoms with van der Waals surface area (Å²) in [6, 6.07) is 5.96. The monoisotopic (exact) mass is 473 g/mol. The number of rotatable bonds is 6. The van der Waals surface area contributed by atoms with Crippen LogP contribution in [0.15, 0.2) is 60.2 Å². The fourth-order valence-electron chi connectivity index (χ4n) is 4.53. The van der Waals surface area contributed by atoms with Gasteiger partial charge in [-0.05, 0) is 17.7 Å². The fraction of sp³-hybridized carbons (Fsp3) is 0.435. The maximum absolute atomic E-state index is 13.5. The van der Waals surface area contributed by atoms with Crippen molar-refractivity contribution >= 4 is 5.91 Å². The Labute approximate surface area is 196 Å². The van der Waals surface area contributed by atoms with Crippen LogP contribution < -0.4 is 26.7 Å². The Morgan fingerprint density at radius 2 is 2.03 bits per heavy atom. The molecule has 5 rings (SSSR count). The number of halogens is 2. The van der Waals surface area contributed by atoms with E-state index < -0.39 is 12.5 Å². The van der Waals surface area contributed by atoms with Crippen LogP contribution >= 0.6 is 0 Å². The molecule has 1 fully saturated rings. The SMILES string of the molecule is O=C(NC1=CCNC(CN2CCOCC2)N1)C1=CNC2C=CC(c3ccccc3C(F)F)NN12. The Bertz CT molecular complexity index is 993. The third kappa shape index (κ3) is 4.92. The van der Waals surface area contributed by atoms with E-state index in [4.69, 9.17) is 4.74 Å². The Kier molecular flexibility index (Phi) is 6.77. The molecule has 0 saturated carbocycles. The van der Waals surface area contributed by atoms with E-state index in [2.05, 4.69) is 31.6 Å². The fourth-order valence-corrected chi connectivity index (χ4v) is 4.53. The average molecular weight is 474 g/mol. The summed E-state index contributed by atoms with van der Waals surface area (Å²) in [6.45, 7) is 4.66. The molecule has 3 atom stereocenters. The van der Waals surface area contributed by atoms with Crippen LogP contribution in [0.1, 0.15) is 23.6 Å². The van der Waals surface area contributed by atoms with Crippen LogP contribution in [-0.4, -0.2) is 67.5 Å². The largest absolute Gasteiger partial charge is 0.379 e. The van der Waals surface area contributed by atoms with Crippen molar-refractivity contribution in [3.63, 3.8) is 0 Å². The lowest BCUT2D eigenvalue weighted by Gasteiger charge is -2.36. The number of amides is 1. The Hall–Kier alpha value is -2.99. The number of nitrogens with one attached hydrogen (secondary N) is 5. The minimum absolute atomic E-state index is 0.00750. The predicted molar refractivity (Wildman–Crippen MR) is 122 cm³/mol. The molecule has 4 heterocycles. The van der Waals surface area contributed by atoms with Crippen molar-refractivity contribution in [3.8, 4) is 0 Å². The first-order valence-corrected chi connectivity index (χ1v) is 11.5. The Morgan fingerprint density at radius 3 is 2.85 bits per heavy atom. The first kappa shape index (κ1) is 22.8. The van der Waals surface area contributed by atoms with Gasteiger partial charge in [-0.3, -0.25) is 20.0 Å². The molecular formula is C23H29F2N7O2. The second kappa shape index (κ2) is 10.1. The molecule has 182 valence electrons. The first-order valence-electron chi connectivity index (χ1n) is 11.5. The Morgan fingerprint density at radius 1 is 1.21 bits per heavy atom. The molecule has 4 aliphatic heterocycles. The molecule has 1 aromatic carbocycles. The molecule has 0 aromatic heterocycles. The topological polar surface area (TPSA) is 92.9 Å². The van der Waals surface area contributed by atoms with Crippen molar-refractivity contribution in [2.45, 2.75) is 24.8 Å². The summed E-state index contributed by atoms with van der Waals surface area (Å²) in [6.07, 6.45) is 4.36. The molecule has 1 aromatic rings. The highest BCUT2D eigenvalue weighted by Crippen LogP contribution is 2.31. The minimum Gasteiger partial charge on any atom is -0.379 e. The van der Waals surface area contributed by atoms with E-state index >= 15 is 0 Å². The number of carbonyl (C=O) groups is 1. The van der Waals surface area contributed by atoms with Gasteiger partial charge >= 0.3 is 0 Å². The normalized spacial score (nSPS) is 26.9. The van der Waals surface area contributed by atoms with Crippen molar-refractivity contribution in [2.75, 3.05) is 39.4 Å². The van der Waals surface area contributed by atoms with Gasteiger partial charge in [0.15, 0.2) is 0 Å². The second-order valence-corrected chi connectivity index (χ2v) is 8.52. The number of hydrogen-bond acceptors (Lipinski definition) is 8. The van der Waals surface area contributed by atoms with Crippen LogP contribution in [-0.2, 0) is 9.53 Å². The molecule has 5 N–H and O–H groups in total. The quantitative estimate of drug-likeness (QED) is 0.384. The average Bonchev–Trinajstić information content (AvgIpc) is 3.28. The molecule has 1 amide bonds. The Balaban J connectivity index is 1.21. The van der Waals surface area contributed by atoms with E-state index in [1.807, 2.05) is 18.2 Å². The standard InChI is InChI=1S/C23H29F2N7O2/c24-22(25)16-4-2-1-3-15(16)17-5-6-21-27-13-18(32(21)30-17)23(33)29-19-7-8-26-20(28-19)14-31-9-11-34-12-10-31/h1-7,13,17,20-22,26-28,30H,8-12,14H2,(H,29,33). The third-order valence-corrected chi connectivity index (χ3v) is 6.28. The molecular weight excluding hydrogens is 444 g/mol. The van der Waals surface area contributed by atoms with Crippen LogP contribution in [0.4, 0.5) is 8.78 Å². The molecule has 3 unspecified atom stereocenters. The number of carbonyl (C=O) groups excluding carboxylic acids is 1. The summed E-state index contributed by atoms with van der Waals surface area (Å²) in [5.74, 6) is 0.336. The minimum atomic E-state index is -2.58. The smallest absolute Gasteiger partial charge is 0.276 e. The molecule has 9 nitrogen and oxygen atoms in total. The lowest BCUT2D eigenvalue weighted by Crippen LogP contribution is -2.56. The number of hydrazine groups is 1. The summed E-state index contributed by atoms with van der Waals surface area (Å²) < 4.78 is 32.4. The zero-order valence-electron chi connectivity index (χ0n) is 18.6. The molecule has 11 heteroatoms. The van der Waals surface area contributed by atoms with E-state index in [1.165, 1.54) is 6.07 Å². The molecule has 0 radical (unpaired) electrons. The summed E-state index contributed by atoms with van der Waals surface area (Å²) >= 11 is 0. The predicted octanol–water partition coefficient (Wildman–Crippen LogP) is 0.621. The number of alkyl halides is 2. The van der Waals surface area contributed by atoms with Gasteiger partial charge < -0.3 is 20.7 Å². The summed E-state index contributed by atoms with van der Waals surface area (Å²) in [5.41, 5.74) is 4.04. The van der Waals surface area contributed by atoms with Crippen LogP contribution in [0.5, 0.6) is 0 Å². The van der Waals surface area contributed by atoms with E-state index in [9.17, 15) is 13.6 Å².